The van der Waals surface area contributed by atoms with Crippen molar-refractivity contribution in [2.45, 2.75) is 25.2 Å². The number of hydrogen-bond acceptors (Lipinski definition) is 3. The first kappa shape index (κ1) is 31.2. The van der Waals surface area contributed by atoms with Crippen LogP contribution in [-0.2, 0) is 0 Å². The van der Waals surface area contributed by atoms with Crippen LogP contribution in [0.15, 0.2) is 170 Å². The molecule has 2 aliphatic carbocycles. The highest BCUT2D eigenvalue weighted by atomic mass is 32.1. The van der Waals surface area contributed by atoms with Crippen LogP contribution >= 0.6 is 11.3 Å². The van der Waals surface area contributed by atoms with Crippen LogP contribution in [0.1, 0.15) is 36.7 Å². The maximum Gasteiger partial charge on any atom is 0.136 e. The molecule has 9 aromatic rings. The average molecular weight is 710 g/mol. The minimum absolute atomic E-state index is 0.193. The zero-order valence-electron chi connectivity index (χ0n) is 29.6. The minimum atomic E-state index is 0.193. The normalized spacial score (nSPS) is 15.6. The maximum absolute atomic E-state index is 5.28. The van der Waals surface area contributed by atoms with E-state index >= 15 is 0 Å². The van der Waals surface area contributed by atoms with Crippen LogP contribution in [0.5, 0.6) is 0 Å². The fourth-order valence-corrected chi connectivity index (χ4v) is 9.54. The molecule has 0 saturated carbocycles. The highest BCUT2D eigenvalue weighted by Crippen LogP contribution is 2.41. The number of rotatable bonds is 5. The molecule has 0 radical (unpaired) electrons. The summed E-state index contributed by atoms with van der Waals surface area (Å²) in [6.07, 6.45) is 18.2. The Kier molecular flexibility index (Phi) is 7.31. The molecule has 1 unspecified atom stereocenters. The van der Waals surface area contributed by atoms with E-state index in [1.807, 2.05) is 11.3 Å². The molecule has 11 rings (SSSR count). The van der Waals surface area contributed by atoms with Gasteiger partial charge in [-0.05, 0) is 108 Å². The number of para-hydroxylation sites is 1. The second-order valence-corrected chi connectivity index (χ2v) is 15.5. The first-order valence-corrected chi connectivity index (χ1v) is 19.6. The molecule has 0 fully saturated rings. The predicted molar refractivity (Wildman–Crippen MR) is 230 cm³/mol. The number of aromatic nitrogens is 3. The zero-order valence-corrected chi connectivity index (χ0v) is 30.4. The molecule has 3 aromatic heterocycles. The number of nitrogens with zero attached hydrogens (tertiary/aromatic N) is 3. The van der Waals surface area contributed by atoms with Gasteiger partial charge in [-0.2, -0.15) is 0 Å². The first-order chi connectivity index (χ1) is 26.7. The number of benzene rings is 6. The van der Waals surface area contributed by atoms with E-state index in [0.717, 1.165) is 52.9 Å². The lowest BCUT2D eigenvalue weighted by atomic mass is 9.94. The van der Waals surface area contributed by atoms with E-state index in [1.54, 1.807) is 0 Å². The summed E-state index contributed by atoms with van der Waals surface area (Å²) >= 11 is 1.86. The average Bonchev–Trinajstić information content (AvgIpc) is 3.78. The summed E-state index contributed by atoms with van der Waals surface area (Å²) < 4.78 is 5.08. The van der Waals surface area contributed by atoms with Gasteiger partial charge >= 0.3 is 0 Å². The Balaban J connectivity index is 1.07. The lowest BCUT2D eigenvalue weighted by molar-refractivity contribution is 0.776. The molecule has 0 spiro atoms. The Morgan fingerprint density at radius 3 is 2.17 bits per heavy atom. The number of thiophene rings is 1. The van der Waals surface area contributed by atoms with E-state index < -0.39 is 0 Å². The Morgan fingerprint density at radius 2 is 1.31 bits per heavy atom. The smallest absolute Gasteiger partial charge is 0.136 e. The molecular weight excluding hydrogens is 675 g/mol. The van der Waals surface area contributed by atoms with Gasteiger partial charge in [0.05, 0.1) is 22.2 Å². The van der Waals surface area contributed by atoms with E-state index in [9.17, 15) is 0 Å². The van der Waals surface area contributed by atoms with Gasteiger partial charge in [0.25, 0.3) is 0 Å². The molecule has 0 aliphatic heterocycles. The summed E-state index contributed by atoms with van der Waals surface area (Å²) in [7, 11) is 0. The third-order valence-electron chi connectivity index (χ3n) is 11.2. The SMILES string of the molecule is C1=CCCC(c2nc(C3C=CC=CC3)nc3ccc(-c4ccc5c6cc(-c7ccc8sc9ccccc9c8c7)ccc6n(-c6ccccc6)c5c4)cc23)=C1. The summed E-state index contributed by atoms with van der Waals surface area (Å²) in [5.41, 5.74) is 11.7. The molecular formula is C50H35N3S. The van der Waals surface area contributed by atoms with Gasteiger partial charge in [0, 0.05) is 47.9 Å². The van der Waals surface area contributed by atoms with Gasteiger partial charge in [-0.3, -0.25) is 0 Å². The van der Waals surface area contributed by atoms with Crippen molar-refractivity contribution in [3.05, 3.63) is 181 Å². The van der Waals surface area contributed by atoms with Crippen molar-refractivity contribution in [1.29, 1.82) is 0 Å². The Hall–Kier alpha value is -6.36. The monoisotopic (exact) mass is 709 g/mol. The summed E-state index contributed by atoms with van der Waals surface area (Å²) in [4.78, 5) is 10.4. The summed E-state index contributed by atoms with van der Waals surface area (Å²) in [5.74, 6) is 1.09. The van der Waals surface area contributed by atoms with Crippen LogP contribution in [0.2, 0.25) is 0 Å². The van der Waals surface area contributed by atoms with E-state index in [4.69, 9.17) is 9.97 Å². The summed E-state index contributed by atoms with van der Waals surface area (Å²) in [5, 5.41) is 6.25. The fourth-order valence-electron chi connectivity index (χ4n) is 8.45. The Labute approximate surface area is 317 Å². The second kappa shape index (κ2) is 12.6. The molecule has 3 heterocycles. The Bertz CT molecular complexity index is 3080. The molecule has 0 N–H and O–H groups in total. The predicted octanol–water partition coefficient (Wildman–Crippen LogP) is 13.8. The molecule has 0 amide bonds. The van der Waals surface area contributed by atoms with Gasteiger partial charge in [0.15, 0.2) is 0 Å². The van der Waals surface area contributed by atoms with E-state index in [1.165, 1.54) is 64.2 Å². The molecule has 0 bridgehead atoms. The van der Waals surface area contributed by atoms with Crippen LogP contribution in [0.4, 0.5) is 0 Å². The minimum Gasteiger partial charge on any atom is -0.309 e. The third-order valence-corrected chi connectivity index (χ3v) is 12.3. The molecule has 0 saturated heterocycles. The second-order valence-electron chi connectivity index (χ2n) is 14.4. The van der Waals surface area contributed by atoms with Crippen LogP contribution in [0.3, 0.4) is 0 Å². The highest BCUT2D eigenvalue weighted by Gasteiger charge is 2.20. The largest absolute Gasteiger partial charge is 0.309 e. The molecule has 2 aliphatic rings. The highest BCUT2D eigenvalue weighted by molar-refractivity contribution is 7.25. The van der Waals surface area contributed by atoms with Crippen molar-refractivity contribution in [1.82, 2.24) is 14.5 Å². The number of fused-ring (bicyclic) bond motifs is 7. The van der Waals surface area contributed by atoms with Crippen molar-refractivity contribution in [3.63, 3.8) is 0 Å². The van der Waals surface area contributed by atoms with Crippen LogP contribution in [-0.4, -0.2) is 14.5 Å². The van der Waals surface area contributed by atoms with Crippen LogP contribution in [0, 0.1) is 0 Å². The van der Waals surface area contributed by atoms with Crippen molar-refractivity contribution in [2.75, 3.05) is 0 Å². The fraction of sp³-hybridized carbons (Fsp3) is 0.0800. The molecule has 54 heavy (non-hydrogen) atoms. The van der Waals surface area contributed by atoms with Crippen LogP contribution in [0.25, 0.3) is 86.4 Å². The van der Waals surface area contributed by atoms with Crippen molar-refractivity contribution in [3.8, 4) is 27.9 Å². The van der Waals surface area contributed by atoms with E-state index in [-0.39, 0.29) is 5.92 Å². The molecule has 3 nitrogen and oxygen atoms in total. The van der Waals surface area contributed by atoms with E-state index in [2.05, 4.69) is 174 Å². The van der Waals surface area contributed by atoms with Gasteiger partial charge in [-0.25, -0.2) is 9.97 Å². The quantitative estimate of drug-likeness (QED) is 0.178. The molecule has 1 atom stereocenters. The van der Waals surface area contributed by atoms with Crippen molar-refractivity contribution < 1.29 is 0 Å². The standard InChI is InChI=1S/C50H35N3S/c1-4-12-32(13-5-1)49-43-30-34(21-25-44(43)51-50(52-49)33-14-6-2-7-15-33)37-20-24-39-41-28-35(22-26-45(41)53(46(39)31-37)38-16-8-3-9-17-38)36-23-27-48-42(29-36)40-18-10-11-19-47(40)54-48/h1-4,6-12,14,16-31,33H,5,13,15H2. The molecule has 4 heteroatoms. The summed E-state index contributed by atoms with van der Waals surface area (Å²) in [6.45, 7) is 0. The van der Waals surface area contributed by atoms with E-state index in [0.29, 0.717) is 0 Å². The lowest BCUT2D eigenvalue weighted by Crippen LogP contribution is -2.07. The topological polar surface area (TPSA) is 30.7 Å². The van der Waals surface area contributed by atoms with Gasteiger partial charge in [0.2, 0.25) is 0 Å². The van der Waals surface area contributed by atoms with Crippen molar-refractivity contribution >= 4 is 69.8 Å². The van der Waals surface area contributed by atoms with Crippen molar-refractivity contribution in [2.24, 2.45) is 0 Å². The maximum atomic E-state index is 5.28. The van der Waals surface area contributed by atoms with Gasteiger partial charge in [-0.15, -0.1) is 11.3 Å². The summed E-state index contributed by atoms with van der Waals surface area (Å²) in [6, 6.07) is 47.1. The van der Waals surface area contributed by atoms with Gasteiger partial charge < -0.3 is 4.57 Å². The van der Waals surface area contributed by atoms with Gasteiger partial charge in [-0.1, -0.05) is 109 Å². The number of allylic oxidation sites excluding steroid dienone is 8. The number of hydrogen-bond donors (Lipinski definition) is 0. The molecule has 6 aromatic carbocycles. The lowest BCUT2D eigenvalue weighted by Gasteiger charge is -2.17. The zero-order chi connectivity index (χ0) is 35.6. The Morgan fingerprint density at radius 1 is 0.556 bits per heavy atom. The van der Waals surface area contributed by atoms with Gasteiger partial charge in [0.1, 0.15) is 5.82 Å². The first-order valence-electron chi connectivity index (χ1n) is 18.8. The van der Waals surface area contributed by atoms with Crippen LogP contribution < -0.4 is 0 Å². The molecule has 256 valence electrons. The third kappa shape index (κ3) is 5.17.